The van der Waals surface area contributed by atoms with E-state index in [1.807, 2.05) is 55.5 Å². The third-order valence-electron chi connectivity index (χ3n) is 4.93. The molecule has 0 bridgehead atoms. The van der Waals surface area contributed by atoms with Crippen LogP contribution in [0.4, 0.5) is 0 Å². The smallest absolute Gasteiger partial charge is 0.263 e. The van der Waals surface area contributed by atoms with Gasteiger partial charge in [-0.1, -0.05) is 65.8 Å². The zero-order valence-corrected chi connectivity index (χ0v) is 19.4. The Balaban J connectivity index is 1.96. The van der Waals surface area contributed by atoms with Gasteiger partial charge in [-0.2, -0.15) is 0 Å². The quantitative estimate of drug-likeness (QED) is 0.314. The molecule has 2 aromatic heterocycles. The van der Waals surface area contributed by atoms with Crippen LogP contribution in [0.5, 0.6) is 0 Å². The number of nitrogens with zero attached hydrogens (tertiary/aromatic N) is 2. The SMILES string of the molecule is Cc1sc2nc(S[C@H](C)C(N)=O)n(Cc3ccccc3)c(=O)c2c1-c1cccc(Cl)c1. The van der Waals surface area contributed by atoms with Crippen molar-refractivity contribution in [3.8, 4) is 11.1 Å². The van der Waals surface area contributed by atoms with Crippen molar-refractivity contribution in [1.82, 2.24) is 9.55 Å². The number of carbonyl (C=O) groups is 1. The maximum Gasteiger partial charge on any atom is 0.263 e. The number of amides is 1. The second kappa shape index (κ2) is 8.86. The Morgan fingerprint density at radius 3 is 2.65 bits per heavy atom. The van der Waals surface area contributed by atoms with Crippen molar-refractivity contribution in [2.45, 2.75) is 30.8 Å². The standard InChI is InChI=1S/C23H20ClN3O2S2/c1-13-18(16-9-6-10-17(24)11-16)19-21(30-13)26-23(31-14(2)20(25)28)27(22(19)29)12-15-7-4-3-5-8-15/h3-11,14H,12H2,1-2H3,(H2,25,28)/t14-/m1/s1. The van der Waals surface area contributed by atoms with Gasteiger partial charge in [0, 0.05) is 15.5 Å². The van der Waals surface area contributed by atoms with Crippen LogP contribution in [-0.4, -0.2) is 20.7 Å². The molecule has 0 spiro atoms. The molecule has 4 rings (SSSR count). The Kier molecular flexibility index (Phi) is 6.18. The lowest BCUT2D eigenvalue weighted by atomic mass is 10.0. The summed E-state index contributed by atoms with van der Waals surface area (Å²) in [6.45, 7) is 4.04. The number of hydrogen-bond acceptors (Lipinski definition) is 5. The third kappa shape index (κ3) is 4.39. The molecule has 0 aliphatic heterocycles. The van der Waals surface area contributed by atoms with Crippen LogP contribution in [-0.2, 0) is 11.3 Å². The fourth-order valence-corrected chi connectivity index (χ4v) is 5.51. The molecular formula is C23H20ClN3O2S2. The van der Waals surface area contributed by atoms with Crippen molar-refractivity contribution in [2.24, 2.45) is 5.73 Å². The Morgan fingerprint density at radius 2 is 1.97 bits per heavy atom. The number of thiophene rings is 1. The monoisotopic (exact) mass is 469 g/mol. The minimum absolute atomic E-state index is 0.146. The summed E-state index contributed by atoms with van der Waals surface area (Å²) in [7, 11) is 0. The molecule has 8 heteroatoms. The Morgan fingerprint density at radius 1 is 1.23 bits per heavy atom. The van der Waals surface area contributed by atoms with Crippen LogP contribution in [0.15, 0.2) is 64.5 Å². The van der Waals surface area contributed by atoms with Crippen molar-refractivity contribution >= 4 is 50.8 Å². The summed E-state index contributed by atoms with van der Waals surface area (Å²) >= 11 is 8.88. The number of nitrogens with two attached hydrogens (primary N) is 1. The van der Waals surface area contributed by atoms with E-state index in [-0.39, 0.29) is 5.56 Å². The van der Waals surface area contributed by atoms with Crippen molar-refractivity contribution in [2.75, 3.05) is 0 Å². The second-order valence-electron chi connectivity index (χ2n) is 7.16. The largest absolute Gasteiger partial charge is 0.369 e. The van der Waals surface area contributed by atoms with Gasteiger partial charge in [-0.25, -0.2) is 4.98 Å². The van der Waals surface area contributed by atoms with E-state index in [0.29, 0.717) is 26.9 Å². The first-order chi connectivity index (χ1) is 14.8. The number of primary amides is 1. The average Bonchev–Trinajstić information content (AvgIpc) is 3.07. The summed E-state index contributed by atoms with van der Waals surface area (Å²) in [6.07, 6.45) is 0. The molecule has 2 N–H and O–H groups in total. The highest BCUT2D eigenvalue weighted by Gasteiger charge is 2.22. The summed E-state index contributed by atoms with van der Waals surface area (Å²) < 4.78 is 1.63. The molecule has 31 heavy (non-hydrogen) atoms. The van der Waals surface area contributed by atoms with Crippen LogP contribution in [0.1, 0.15) is 17.4 Å². The van der Waals surface area contributed by atoms with E-state index in [9.17, 15) is 9.59 Å². The van der Waals surface area contributed by atoms with Gasteiger partial charge in [-0.15, -0.1) is 11.3 Å². The molecule has 158 valence electrons. The maximum atomic E-state index is 13.8. The highest BCUT2D eigenvalue weighted by atomic mass is 35.5. The molecular weight excluding hydrogens is 450 g/mol. The number of benzene rings is 2. The van der Waals surface area contributed by atoms with Gasteiger partial charge in [0.15, 0.2) is 5.16 Å². The van der Waals surface area contributed by atoms with Crippen molar-refractivity contribution in [3.63, 3.8) is 0 Å². The summed E-state index contributed by atoms with van der Waals surface area (Å²) in [6, 6.07) is 17.2. The van der Waals surface area contributed by atoms with Crippen LogP contribution < -0.4 is 11.3 Å². The minimum Gasteiger partial charge on any atom is -0.369 e. The summed E-state index contributed by atoms with van der Waals surface area (Å²) in [5, 5.41) is 1.14. The number of aromatic nitrogens is 2. The van der Waals surface area contributed by atoms with E-state index >= 15 is 0 Å². The molecule has 0 saturated heterocycles. The third-order valence-corrected chi connectivity index (χ3v) is 7.27. The van der Waals surface area contributed by atoms with E-state index in [1.54, 1.807) is 17.6 Å². The number of fused-ring (bicyclic) bond motifs is 1. The predicted octanol–water partition coefficient (Wildman–Crippen LogP) is 5.10. The van der Waals surface area contributed by atoms with Gasteiger partial charge in [0.1, 0.15) is 4.83 Å². The summed E-state index contributed by atoms with van der Waals surface area (Å²) in [5.41, 5.74) is 8.02. The Bertz CT molecular complexity index is 1330. The van der Waals surface area contributed by atoms with Gasteiger partial charge < -0.3 is 5.73 Å². The molecule has 0 aliphatic rings. The van der Waals surface area contributed by atoms with E-state index in [4.69, 9.17) is 22.3 Å². The molecule has 0 unspecified atom stereocenters. The molecule has 1 atom stereocenters. The van der Waals surface area contributed by atoms with Crippen molar-refractivity contribution in [3.05, 3.63) is 80.4 Å². The van der Waals surface area contributed by atoms with Crippen LogP contribution in [0.2, 0.25) is 5.02 Å². The van der Waals surface area contributed by atoms with E-state index in [2.05, 4.69) is 0 Å². The maximum absolute atomic E-state index is 13.8. The lowest BCUT2D eigenvalue weighted by molar-refractivity contribution is -0.117. The summed E-state index contributed by atoms with van der Waals surface area (Å²) in [5.74, 6) is -0.451. The molecule has 4 aromatic rings. The second-order valence-corrected chi connectivity index (χ2v) is 10.1. The van der Waals surface area contributed by atoms with E-state index in [0.717, 1.165) is 21.6 Å². The number of aryl methyl sites for hydroxylation is 1. The average molecular weight is 470 g/mol. The van der Waals surface area contributed by atoms with Crippen LogP contribution in [0, 0.1) is 6.92 Å². The van der Waals surface area contributed by atoms with Gasteiger partial charge in [0.25, 0.3) is 5.56 Å². The lowest BCUT2D eigenvalue weighted by Crippen LogP contribution is -2.27. The van der Waals surface area contributed by atoms with E-state index < -0.39 is 11.2 Å². The first-order valence-corrected chi connectivity index (χ1v) is 11.7. The molecule has 5 nitrogen and oxygen atoms in total. The Labute approximate surface area is 192 Å². The topological polar surface area (TPSA) is 78.0 Å². The molecule has 0 aliphatic carbocycles. The minimum atomic E-state index is -0.514. The number of halogens is 1. The molecule has 2 aromatic carbocycles. The fourth-order valence-electron chi connectivity index (χ4n) is 3.38. The number of carbonyl (C=O) groups excluding carboxylic acids is 1. The number of thioether (sulfide) groups is 1. The zero-order chi connectivity index (χ0) is 22.1. The molecule has 0 fully saturated rings. The first kappa shape index (κ1) is 21.6. The Hall–Kier alpha value is -2.61. The molecule has 1 amide bonds. The first-order valence-electron chi connectivity index (χ1n) is 9.65. The predicted molar refractivity (Wildman–Crippen MR) is 129 cm³/mol. The van der Waals surface area contributed by atoms with Gasteiger partial charge in [0.05, 0.1) is 17.2 Å². The number of hydrogen-bond donors (Lipinski definition) is 1. The molecule has 2 heterocycles. The van der Waals surface area contributed by atoms with Gasteiger partial charge in [0.2, 0.25) is 5.91 Å². The van der Waals surface area contributed by atoms with Crippen LogP contribution >= 0.6 is 34.7 Å². The number of rotatable bonds is 6. The van der Waals surface area contributed by atoms with Crippen molar-refractivity contribution in [1.29, 1.82) is 0 Å². The molecule has 0 radical (unpaired) electrons. The highest BCUT2D eigenvalue weighted by Crippen LogP contribution is 2.37. The van der Waals surface area contributed by atoms with Gasteiger partial charge in [-0.3, -0.25) is 14.2 Å². The molecule has 0 saturated carbocycles. The zero-order valence-electron chi connectivity index (χ0n) is 17.0. The fraction of sp³-hybridized carbons (Fsp3) is 0.174. The van der Waals surface area contributed by atoms with Gasteiger partial charge in [-0.05, 0) is 37.1 Å². The highest BCUT2D eigenvalue weighted by molar-refractivity contribution is 8.00. The van der Waals surface area contributed by atoms with Gasteiger partial charge >= 0.3 is 0 Å². The summed E-state index contributed by atoms with van der Waals surface area (Å²) in [4.78, 5) is 31.8. The van der Waals surface area contributed by atoms with Crippen LogP contribution in [0.25, 0.3) is 21.3 Å². The van der Waals surface area contributed by atoms with E-state index in [1.165, 1.54) is 23.1 Å². The van der Waals surface area contributed by atoms with Crippen LogP contribution in [0.3, 0.4) is 0 Å². The normalized spacial score (nSPS) is 12.2. The lowest BCUT2D eigenvalue weighted by Gasteiger charge is -2.14. The van der Waals surface area contributed by atoms with Crippen molar-refractivity contribution < 1.29 is 4.79 Å².